The fourth-order valence-electron chi connectivity index (χ4n) is 2.83. The number of hydrogen-bond acceptors (Lipinski definition) is 3. The Bertz CT molecular complexity index is 931. The molecule has 4 heteroatoms. The molecule has 3 rings (SSSR count). The van der Waals surface area contributed by atoms with Crippen LogP contribution in [0, 0.1) is 13.8 Å². The maximum Gasteiger partial charge on any atom is 0.260 e. The minimum absolute atomic E-state index is 0.161. The maximum atomic E-state index is 12.3. The molecule has 0 aliphatic rings. The van der Waals surface area contributed by atoms with E-state index >= 15 is 0 Å². The van der Waals surface area contributed by atoms with Crippen molar-refractivity contribution in [3.8, 4) is 11.5 Å². The van der Waals surface area contributed by atoms with Gasteiger partial charge in [-0.2, -0.15) is 0 Å². The topological polar surface area (TPSA) is 47.6 Å². The molecule has 1 amide bonds. The van der Waals surface area contributed by atoms with Crippen LogP contribution < -0.4 is 14.8 Å². The van der Waals surface area contributed by atoms with Crippen LogP contribution in [0.25, 0.3) is 10.8 Å². The van der Waals surface area contributed by atoms with Gasteiger partial charge in [-0.1, -0.05) is 42.5 Å². The highest BCUT2D eigenvalue weighted by Gasteiger charge is 2.15. The first kappa shape index (κ1) is 18.8. The summed E-state index contributed by atoms with van der Waals surface area (Å²) in [5, 5.41) is 4.94. The third-order valence-corrected chi connectivity index (χ3v) is 4.57. The zero-order valence-corrected chi connectivity index (χ0v) is 16.0. The number of nitrogens with one attached hydrogen (secondary N) is 1. The van der Waals surface area contributed by atoms with Crippen LogP contribution in [-0.2, 0) is 4.79 Å². The summed E-state index contributed by atoms with van der Waals surface area (Å²) in [6.45, 7) is 6.71. The summed E-state index contributed by atoms with van der Waals surface area (Å²) in [5.41, 5.74) is 2.42. The second-order valence-electron chi connectivity index (χ2n) is 6.62. The molecular formula is C23H25NO3. The van der Waals surface area contributed by atoms with Crippen molar-refractivity contribution in [2.45, 2.75) is 26.9 Å². The first-order valence-electron chi connectivity index (χ1n) is 9.17. The second kappa shape index (κ2) is 8.58. The molecule has 0 aliphatic heterocycles. The quantitative estimate of drug-likeness (QED) is 0.632. The molecule has 4 nitrogen and oxygen atoms in total. The van der Waals surface area contributed by atoms with Crippen molar-refractivity contribution in [3.63, 3.8) is 0 Å². The minimum Gasteiger partial charge on any atom is -0.492 e. The van der Waals surface area contributed by atoms with Crippen LogP contribution in [0.2, 0.25) is 0 Å². The summed E-state index contributed by atoms with van der Waals surface area (Å²) in [4.78, 5) is 12.3. The van der Waals surface area contributed by atoms with E-state index in [4.69, 9.17) is 9.47 Å². The number of fused-ring (bicyclic) bond motifs is 1. The molecule has 0 heterocycles. The summed E-state index contributed by atoms with van der Waals surface area (Å²) < 4.78 is 11.6. The Kier molecular flexibility index (Phi) is 5.97. The van der Waals surface area contributed by atoms with Gasteiger partial charge in [0.15, 0.2) is 6.10 Å². The van der Waals surface area contributed by atoms with Crippen molar-refractivity contribution in [2.75, 3.05) is 13.2 Å². The van der Waals surface area contributed by atoms with Crippen LogP contribution >= 0.6 is 0 Å². The van der Waals surface area contributed by atoms with E-state index in [0.717, 1.165) is 16.5 Å². The lowest BCUT2D eigenvalue weighted by Gasteiger charge is -2.16. The molecule has 0 saturated heterocycles. The second-order valence-corrected chi connectivity index (χ2v) is 6.62. The third kappa shape index (κ3) is 4.79. The van der Waals surface area contributed by atoms with Crippen LogP contribution in [0.15, 0.2) is 60.7 Å². The molecule has 0 fully saturated rings. The Labute approximate surface area is 160 Å². The lowest BCUT2D eigenvalue weighted by molar-refractivity contribution is -0.127. The Balaban J connectivity index is 1.49. The molecule has 3 aromatic rings. The SMILES string of the molecule is Cc1ccc(OCCNC(=O)C(C)Oc2cccc3ccccc23)cc1C. The third-order valence-electron chi connectivity index (χ3n) is 4.57. The van der Waals surface area contributed by atoms with Crippen molar-refractivity contribution < 1.29 is 14.3 Å². The number of carbonyl (C=O) groups excluding carboxylic acids is 1. The Morgan fingerprint density at radius 3 is 2.59 bits per heavy atom. The highest BCUT2D eigenvalue weighted by atomic mass is 16.5. The van der Waals surface area contributed by atoms with E-state index in [1.807, 2.05) is 60.7 Å². The number of hydrogen-bond donors (Lipinski definition) is 1. The highest BCUT2D eigenvalue weighted by Crippen LogP contribution is 2.26. The van der Waals surface area contributed by atoms with E-state index < -0.39 is 6.10 Å². The molecule has 140 valence electrons. The average molecular weight is 363 g/mol. The molecule has 3 aromatic carbocycles. The molecule has 1 atom stereocenters. The molecule has 27 heavy (non-hydrogen) atoms. The Morgan fingerprint density at radius 1 is 1.00 bits per heavy atom. The van der Waals surface area contributed by atoms with Gasteiger partial charge in [0.25, 0.3) is 5.91 Å². The van der Waals surface area contributed by atoms with Crippen LogP contribution in [0.3, 0.4) is 0 Å². The van der Waals surface area contributed by atoms with Crippen LogP contribution in [0.1, 0.15) is 18.1 Å². The zero-order chi connectivity index (χ0) is 19.2. The van der Waals surface area contributed by atoms with Gasteiger partial charge in [-0.05, 0) is 55.5 Å². The molecule has 0 aliphatic carbocycles. The van der Waals surface area contributed by atoms with Crippen LogP contribution in [-0.4, -0.2) is 25.2 Å². The van der Waals surface area contributed by atoms with Gasteiger partial charge in [-0.3, -0.25) is 4.79 Å². The molecule has 0 radical (unpaired) electrons. The van der Waals surface area contributed by atoms with Crippen LogP contribution in [0.4, 0.5) is 0 Å². The van der Waals surface area contributed by atoms with Crippen molar-refractivity contribution in [1.29, 1.82) is 0 Å². The van der Waals surface area contributed by atoms with Crippen molar-refractivity contribution in [1.82, 2.24) is 5.32 Å². The number of aryl methyl sites for hydroxylation is 2. The number of rotatable bonds is 7. The molecule has 1 unspecified atom stereocenters. The molecular weight excluding hydrogens is 338 g/mol. The molecule has 0 aromatic heterocycles. The summed E-state index contributed by atoms with van der Waals surface area (Å²) in [7, 11) is 0. The molecule has 0 bridgehead atoms. The van der Waals surface area contributed by atoms with Gasteiger partial charge in [0.1, 0.15) is 18.1 Å². The largest absolute Gasteiger partial charge is 0.492 e. The fourth-order valence-corrected chi connectivity index (χ4v) is 2.83. The van der Waals surface area contributed by atoms with Crippen molar-refractivity contribution in [3.05, 3.63) is 71.8 Å². The van der Waals surface area contributed by atoms with Gasteiger partial charge < -0.3 is 14.8 Å². The maximum absolute atomic E-state index is 12.3. The first-order chi connectivity index (χ1) is 13.0. The Hall–Kier alpha value is -3.01. The lowest BCUT2D eigenvalue weighted by atomic mass is 10.1. The van der Waals surface area contributed by atoms with E-state index in [1.54, 1.807) is 6.92 Å². The monoisotopic (exact) mass is 363 g/mol. The predicted molar refractivity (Wildman–Crippen MR) is 108 cm³/mol. The average Bonchev–Trinajstić information content (AvgIpc) is 2.68. The number of carbonyl (C=O) groups is 1. The molecule has 0 spiro atoms. The van der Waals surface area contributed by atoms with E-state index in [1.165, 1.54) is 11.1 Å². The number of benzene rings is 3. The van der Waals surface area contributed by atoms with Gasteiger partial charge in [0.05, 0.1) is 6.54 Å². The molecule has 0 saturated carbocycles. The van der Waals surface area contributed by atoms with Crippen LogP contribution in [0.5, 0.6) is 11.5 Å². The first-order valence-corrected chi connectivity index (χ1v) is 9.17. The zero-order valence-electron chi connectivity index (χ0n) is 16.0. The van der Waals surface area contributed by atoms with E-state index in [-0.39, 0.29) is 5.91 Å². The summed E-state index contributed by atoms with van der Waals surface area (Å²) in [6, 6.07) is 19.8. The van der Waals surface area contributed by atoms with E-state index in [0.29, 0.717) is 18.9 Å². The normalized spacial score (nSPS) is 11.8. The minimum atomic E-state index is -0.586. The van der Waals surface area contributed by atoms with Gasteiger partial charge >= 0.3 is 0 Å². The van der Waals surface area contributed by atoms with E-state index in [9.17, 15) is 4.79 Å². The predicted octanol–water partition coefficient (Wildman–Crippen LogP) is 4.42. The fraction of sp³-hybridized carbons (Fsp3) is 0.261. The van der Waals surface area contributed by atoms with Gasteiger partial charge in [0.2, 0.25) is 0 Å². The Morgan fingerprint density at radius 2 is 1.78 bits per heavy atom. The van der Waals surface area contributed by atoms with E-state index in [2.05, 4.69) is 19.2 Å². The van der Waals surface area contributed by atoms with Gasteiger partial charge in [-0.15, -0.1) is 0 Å². The summed E-state index contributed by atoms with van der Waals surface area (Å²) in [5.74, 6) is 1.36. The van der Waals surface area contributed by atoms with Gasteiger partial charge in [0, 0.05) is 5.39 Å². The van der Waals surface area contributed by atoms with Crippen molar-refractivity contribution >= 4 is 16.7 Å². The highest BCUT2D eigenvalue weighted by molar-refractivity contribution is 5.89. The number of amides is 1. The summed E-state index contributed by atoms with van der Waals surface area (Å²) in [6.07, 6.45) is -0.586. The van der Waals surface area contributed by atoms with Gasteiger partial charge in [-0.25, -0.2) is 0 Å². The standard InChI is InChI=1S/C23H25NO3/c1-16-11-12-20(15-17(16)2)26-14-13-24-23(25)18(3)27-22-10-6-8-19-7-4-5-9-21(19)22/h4-12,15,18H,13-14H2,1-3H3,(H,24,25). The smallest absolute Gasteiger partial charge is 0.260 e. The summed E-state index contributed by atoms with van der Waals surface area (Å²) >= 11 is 0. The lowest BCUT2D eigenvalue weighted by Crippen LogP contribution is -2.38. The van der Waals surface area contributed by atoms with Crippen molar-refractivity contribution in [2.24, 2.45) is 0 Å². The molecule has 1 N–H and O–H groups in total. The number of ether oxygens (including phenoxy) is 2.